The molecule has 0 aromatic heterocycles. The number of carbonyl (C=O) groups excluding carboxylic acids is 1. The molecular formula is C23H27FN2O2. The average Bonchev–Trinajstić information content (AvgIpc) is 2.98. The molecule has 3 atom stereocenters. The Morgan fingerprint density at radius 3 is 2.89 bits per heavy atom. The van der Waals surface area contributed by atoms with Gasteiger partial charge in [0.1, 0.15) is 5.82 Å². The van der Waals surface area contributed by atoms with Gasteiger partial charge in [-0.2, -0.15) is 0 Å². The maximum absolute atomic E-state index is 13.8. The molecule has 5 heteroatoms. The normalized spacial score (nSPS) is 26.8. The number of anilines is 1. The summed E-state index contributed by atoms with van der Waals surface area (Å²) in [7, 11) is 1.40. The zero-order valence-corrected chi connectivity index (χ0v) is 16.5. The number of fused-ring (bicyclic) bond motifs is 1. The molecule has 4 rings (SSSR count). The zero-order chi connectivity index (χ0) is 19.7. The Kier molecular flexibility index (Phi) is 5.11. The molecule has 2 fully saturated rings. The van der Waals surface area contributed by atoms with E-state index in [-0.39, 0.29) is 17.3 Å². The number of rotatable bonds is 4. The van der Waals surface area contributed by atoms with E-state index >= 15 is 0 Å². The SMILES string of the molecule is COC(=O)c1cccc(N2[C@H]3CCCN[C@H]3C[C@@]2(C)Cc2cccc(F)c2)c1. The molecule has 0 radical (unpaired) electrons. The summed E-state index contributed by atoms with van der Waals surface area (Å²) in [4.78, 5) is 14.5. The van der Waals surface area contributed by atoms with Crippen LogP contribution < -0.4 is 10.2 Å². The molecule has 0 aliphatic carbocycles. The summed E-state index contributed by atoms with van der Waals surface area (Å²) in [5, 5.41) is 3.67. The smallest absolute Gasteiger partial charge is 0.337 e. The van der Waals surface area contributed by atoms with Gasteiger partial charge < -0.3 is 15.0 Å². The minimum absolute atomic E-state index is 0.171. The number of benzene rings is 2. The van der Waals surface area contributed by atoms with Gasteiger partial charge in [-0.15, -0.1) is 0 Å². The Hall–Kier alpha value is -2.40. The second-order valence-corrected chi connectivity index (χ2v) is 8.19. The standard InChI is InChI=1S/C23H27FN2O2/c1-23(14-16-6-3-8-18(24)12-16)15-20-21(10-5-11-25-20)26(23)19-9-4-7-17(13-19)22(27)28-2/h3-4,6-9,12-13,20-21,25H,5,10-11,14-15H2,1-2H3/t20-,21-,23+/m0/s1. The van der Waals surface area contributed by atoms with E-state index in [0.717, 1.165) is 43.5 Å². The van der Waals surface area contributed by atoms with Crippen molar-refractivity contribution < 1.29 is 13.9 Å². The number of hydrogen-bond acceptors (Lipinski definition) is 4. The minimum atomic E-state index is -0.328. The molecular weight excluding hydrogens is 355 g/mol. The first-order valence-electron chi connectivity index (χ1n) is 9.96. The van der Waals surface area contributed by atoms with E-state index < -0.39 is 0 Å². The van der Waals surface area contributed by atoms with E-state index in [1.165, 1.54) is 13.2 Å². The minimum Gasteiger partial charge on any atom is -0.465 e. The van der Waals surface area contributed by atoms with E-state index in [0.29, 0.717) is 17.6 Å². The molecule has 2 aromatic rings. The van der Waals surface area contributed by atoms with E-state index in [4.69, 9.17) is 4.74 Å². The number of carbonyl (C=O) groups is 1. The fraction of sp³-hybridized carbons (Fsp3) is 0.435. The Balaban J connectivity index is 1.73. The van der Waals surface area contributed by atoms with Crippen molar-refractivity contribution in [3.63, 3.8) is 0 Å². The molecule has 0 amide bonds. The molecule has 2 aromatic carbocycles. The highest BCUT2D eigenvalue weighted by Gasteiger charge is 2.49. The van der Waals surface area contributed by atoms with Gasteiger partial charge in [-0.05, 0) is 75.0 Å². The first-order valence-corrected chi connectivity index (χ1v) is 9.96. The van der Waals surface area contributed by atoms with Crippen molar-refractivity contribution >= 4 is 11.7 Å². The third-order valence-electron chi connectivity index (χ3n) is 6.14. The number of piperidine rings is 1. The van der Waals surface area contributed by atoms with Gasteiger partial charge in [0.25, 0.3) is 0 Å². The molecule has 2 heterocycles. The van der Waals surface area contributed by atoms with Gasteiger partial charge in [0, 0.05) is 23.3 Å². The maximum atomic E-state index is 13.8. The zero-order valence-electron chi connectivity index (χ0n) is 16.5. The number of methoxy groups -OCH3 is 1. The third kappa shape index (κ3) is 3.51. The Morgan fingerprint density at radius 2 is 2.11 bits per heavy atom. The maximum Gasteiger partial charge on any atom is 0.337 e. The number of nitrogens with zero attached hydrogens (tertiary/aromatic N) is 1. The predicted octanol–water partition coefficient (Wildman–Crippen LogP) is 3.94. The fourth-order valence-corrected chi connectivity index (χ4v) is 5.07. The van der Waals surface area contributed by atoms with Crippen LogP contribution in [0.2, 0.25) is 0 Å². The summed E-state index contributed by atoms with van der Waals surface area (Å²) in [6.07, 6.45) is 3.97. The topological polar surface area (TPSA) is 41.6 Å². The van der Waals surface area contributed by atoms with Crippen LogP contribution in [0.4, 0.5) is 10.1 Å². The lowest BCUT2D eigenvalue weighted by Gasteiger charge is -2.42. The second-order valence-electron chi connectivity index (χ2n) is 8.19. The van der Waals surface area contributed by atoms with Crippen LogP contribution in [0.5, 0.6) is 0 Å². The highest BCUT2D eigenvalue weighted by atomic mass is 19.1. The monoisotopic (exact) mass is 382 g/mol. The van der Waals surface area contributed by atoms with Gasteiger partial charge >= 0.3 is 5.97 Å². The lowest BCUT2D eigenvalue weighted by molar-refractivity contribution is 0.0600. The number of hydrogen-bond donors (Lipinski definition) is 1. The predicted molar refractivity (Wildman–Crippen MR) is 108 cm³/mol. The number of esters is 1. The average molecular weight is 382 g/mol. The van der Waals surface area contributed by atoms with Gasteiger partial charge in [0.05, 0.1) is 12.7 Å². The lowest BCUT2D eigenvalue weighted by atomic mass is 9.88. The fourth-order valence-electron chi connectivity index (χ4n) is 5.07. The van der Waals surface area contributed by atoms with Crippen LogP contribution in [0.3, 0.4) is 0 Å². The van der Waals surface area contributed by atoms with Gasteiger partial charge in [-0.1, -0.05) is 18.2 Å². The van der Waals surface area contributed by atoms with Crippen molar-refractivity contribution in [2.24, 2.45) is 0 Å². The molecule has 2 aliphatic rings. The van der Waals surface area contributed by atoms with Crippen LogP contribution in [0.25, 0.3) is 0 Å². The van der Waals surface area contributed by atoms with E-state index in [1.807, 2.05) is 18.2 Å². The molecule has 0 spiro atoms. The summed E-state index contributed by atoms with van der Waals surface area (Å²) in [6, 6.07) is 15.3. The molecule has 28 heavy (non-hydrogen) atoms. The van der Waals surface area contributed by atoms with Gasteiger partial charge in [0.2, 0.25) is 0 Å². The van der Waals surface area contributed by atoms with Gasteiger partial charge in [-0.3, -0.25) is 0 Å². The highest BCUT2D eigenvalue weighted by molar-refractivity contribution is 5.90. The highest BCUT2D eigenvalue weighted by Crippen LogP contribution is 2.43. The van der Waals surface area contributed by atoms with Crippen molar-refractivity contribution in [1.82, 2.24) is 5.32 Å². The summed E-state index contributed by atoms with van der Waals surface area (Å²) in [6.45, 7) is 3.29. The third-order valence-corrected chi connectivity index (χ3v) is 6.14. The summed E-state index contributed by atoms with van der Waals surface area (Å²) in [5.41, 5.74) is 2.41. The second kappa shape index (κ2) is 7.55. The molecule has 2 aliphatic heterocycles. The van der Waals surface area contributed by atoms with Crippen molar-refractivity contribution in [2.75, 3.05) is 18.6 Å². The van der Waals surface area contributed by atoms with Crippen molar-refractivity contribution in [2.45, 2.75) is 50.2 Å². The van der Waals surface area contributed by atoms with Gasteiger partial charge in [0.15, 0.2) is 0 Å². The summed E-state index contributed by atoms with van der Waals surface area (Å²) < 4.78 is 18.7. The summed E-state index contributed by atoms with van der Waals surface area (Å²) in [5.74, 6) is -0.528. The molecule has 2 saturated heterocycles. The van der Waals surface area contributed by atoms with E-state index in [9.17, 15) is 9.18 Å². The number of nitrogens with one attached hydrogen (secondary N) is 1. The van der Waals surface area contributed by atoms with E-state index in [2.05, 4.69) is 23.2 Å². The molecule has 4 nitrogen and oxygen atoms in total. The molecule has 148 valence electrons. The van der Waals surface area contributed by atoms with Crippen LogP contribution in [0.1, 0.15) is 42.1 Å². The van der Waals surface area contributed by atoms with Crippen LogP contribution in [-0.2, 0) is 11.2 Å². The molecule has 0 bridgehead atoms. The van der Waals surface area contributed by atoms with Crippen LogP contribution in [0, 0.1) is 5.82 Å². The first kappa shape index (κ1) is 18.9. The number of ether oxygens (including phenoxy) is 1. The van der Waals surface area contributed by atoms with E-state index in [1.54, 1.807) is 18.2 Å². The van der Waals surface area contributed by atoms with Crippen LogP contribution in [-0.4, -0.2) is 37.2 Å². The quantitative estimate of drug-likeness (QED) is 0.813. The van der Waals surface area contributed by atoms with Crippen LogP contribution >= 0.6 is 0 Å². The molecule has 0 saturated carbocycles. The largest absolute Gasteiger partial charge is 0.465 e. The van der Waals surface area contributed by atoms with Crippen LogP contribution in [0.15, 0.2) is 48.5 Å². The Bertz CT molecular complexity index is 871. The van der Waals surface area contributed by atoms with Gasteiger partial charge in [-0.25, -0.2) is 9.18 Å². The Morgan fingerprint density at radius 1 is 1.29 bits per heavy atom. The Labute approximate surface area is 165 Å². The number of halogens is 1. The first-order chi connectivity index (χ1) is 13.5. The lowest BCUT2D eigenvalue weighted by Crippen LogP contribution is -2.50. The summed E-state index contributed by atoms with van der Waals surface area (Å²) >= 11 is 0. The van der Waals surface area contributed by atoms with Crippen molar-refractivity contribution in [3.05, 3.63) is 65.5 Å². The molecule has 0 unspecified atom stereocenters. The van der Waals surface area contributed by atoms with Crippen molar-refractivity contribution in [1.29, 1.82) is 0 Å². The molecule has 1 N–H and O–H groups in total. The van der Waals surface area contributed by atoms with Crippen molar-refractivity contribution in [3.8, 4) is 0 Å².